The highest BCUT2D eigenvalue weighted by Gasteiger charge is 2.29. The summed E-state index contributed by atoms with van der Waals surface area (Å²) in [5, 5.41) is 0. The Balaban J connectivity index is 3.02. The van der Waals surface area contributed by atoms with Crippen LogP contribution in [0.3, 0.4) is 0 Å². The Hall–Kier alpha value is -0.340. The second-order valence-corrected chi connectivity index (χ2v) is 7.62. The summed E-state index contributed by atoms with van der Waals surface area (Å²) in [6.07, 6.45) is 0. The van der Waals surface area contributed by atoms with Crippen molar-refractivity contribution in [2.75, 3.05) is 19.7 Å². The zero-order chi connectivity index (χ0) is 14.6. The molecule has 0 saturated carbocycles. The number of ether oxygens (including phenoxy) is 1. The highest BCUT2D eigenvalue weighted by atomic mass is 35.5. The van der Waals surface area contributed by atoms with Gasteiger partial charge in [-0.2, -0.15) is 4.31 Å². The zero-order valence-electron chi connectivity index (χ0n) is 10.4. The van der Waals surface area contributed by atoms with E-state index in [4.69, 9.17) is 27.9 Å². The first-order valence-electron chi connectivity index (χ1n) is 5.43. The minimum absolute atomic E-state index is 0.0762. The molecule has 0 N–H and O–H groups in total. The summed E-state index contributed by atoms with van der Waals surface area (Å²) in [6.45, 7) is 3.25. The van der Waals surface area contributed by atoms with Gasteiger partial charge in [-0.1, -0.05) is 30.1 Å². The molecular formula is C10H13Cl2NO4S2. The van der Waals surface area contributed by atoms with E-state index >= 15 is 0 Å². The maximum absolute atomic E-state index is 12.3. The van der Waals surface area contributed by atoms with Crippen molar-refractivity contribution < 1.29 is 17.9 Å². The van der Waals surface area contributed by atoms with Crippen LogP contribution in [-0.2, 0) is 19.6 Å². The van der Waals surface area contributed by atoms with Crippen LogP contribution in [0.1, 0.15) is 13.8 Å². The number of hydrogen-bond donors (Lipinski definition) is 0. The molecule has 0 aromatic carbocycles. The van der Waals surface area contributed by atoms with Crippen LogP contribution in [-0.4, -0.2) is 38.4 Å². The normalized spacial score (nSPS) is 11.8. The van der Waals surface area contributed by atoms with Gasteiger partial charge in [0.05, 0.1) is 10.9 Å². The number of rotatable bonds is 6. The molecule has 0 saturated heterocycles. The van der Waals surface area contributed by atoms with Crippen LogP contribution in [0.4, 0.5) is 0 Å². The van der Waals surface area contributed by atoms with E-state index in [0.717, 1.165) is 15.6 Å². The second kappa shape index (κ2) is 6.90. The molecule has 0 radical (unpaired) electrons. The van der Waals surface area contributed by atoms with E-state index in [9.17, 15) is 13.2 Å². The van der Waals surface area contributed by atoms with Gasteiger partial charge in [0.2, 0.25) is 10.0 Å². The van der Waals surface area contributed by atoms with Crippen molar-refractivity contribution in [2.45, 2.75) is 18.7 Å². The highest BCUT2D eigenvalue weighted by molar-refractivity contribution is 7.89. The smallest absolute Gasteiger partial charge is 0.321 e. The Labute approximate surface area is 126 Å². The molecule has 0 aliphatic heterocycles. The van der Waals surface area contributed by atoms with E-state index in [2.05, 4.69) is 0 Å². The van der Waals surface area contributed by atoms with Crippen molar-refractivity contribution in [1.29, 1.82) is 0 Å². The molecule has 108 valence electrons. The fourth-order valence-corrected chi connectivity index (χ4v) is 4.86. The van der Waals surface area contributed by atoms with Crippen LogP contribution >= 0.6 is 34.5 Å². The Morgan fingerprint density at radius 2 is 2.05 bits per heavy atom. The third-order valence-corrected chi connectivity index (χ3v) is 5.88. The first-order chi connectivity index (χ1) is 8.82. The lowest BCUT2D eigenvalue weighted by Gasteiger charge is -2.18. The van der Waals surface area contributed by atoms with Gasteiger partial charge >= 0.3 is 5.97 Å². The minimum atomic E-state index is -3.85. The van der Waals surface area contributed by atoms with Crippen LogP contribution in [0.15, 0.2) is 11.0 Å². The van der Waals surface area contributed by atoms with Crippen molar-refractivity contribution >= 4 is 50.5 Å². The summed E-state index contributed by atoms with van der Waals surface area (Å²) in [4.78, 5) is 11.3. The van der Waals surface area contributed by atoms with E-state index in [1.165, 1.54) is 6.07 Å². The summed E-state index contributed by atoms with van der Waals surface area (Å²) in [5.74, 6) is -0.606. The molecule has 0 aliphatic rings. The molecule has 1 aromatic heterocycles. The van der Waals surface area contributed by atoms with Gasteiger partial charge in [-0.3, -0.25) is 4.79 Å². The summed E-state index contributed by atoms with van der Waals surface area (Å²) >= 11 is 12.5. The Kier molecular flexibility index (Phi) is 6.07. The lowest BCUT2D eigenvalue weighted by molar-refractivity contribution is -0.143. The zero-order valence-corrected chi connectivity index (χ0v) is 13.5. The van der Waals surface area contributed by atoms with E-state index in [1.807, 2.05) is 0 Å². The van der Waals surface area contributed by atoms with Gasteiger partial charge < -0.3 is 4.74 Å². The van der Waals surface area contributed by atoms with Gasteiger partial charge in [0, 0.05) is 6.54 Å². The Morgan fingerprint density at radius 1 is 1.42 bits per heavy atom. The molecule has 9 heteroatoms. The molecule has 1 heterocycles. The number of halogens is 2. The lowest BCUT2D eigenvalue weighted by atomic mass is 10.6. The lowest BCUT2D eigenvalue weighted by Crippen LogP contribution is -2.36. The second-order valence-electron chi connectivity index (χ2n) is 3.42. The van der Waals surface area contributed by atoms with Gasteiger partial charge in [0.1, 0.15) is 15.8 Å². The van der Waals surface area contributed by atoms with E-state index in [-0.39, 0.29) is 33.3 Å². The van der Waals surface area contributed by atoms with Crippen LogP contribution in [0.2, 0.25) is 8.67 Å². The largest absolute Gasteiger partial charge is 0.465 e. The standard InChI is InChI=1S/C10H13Cl2NO4S2/c1-3-13(6-9(14)17-4-2)19(15,16)7-5-8(11)18-10(7)12/h5H,3-4,6H2,1-2H3. The molecule has 0 unspecified atom stereocenters. The molecule has 0 atom stereocenters. The molecule has 19 heavy (non-hydrogen) atoms. The summed E-state index contributed by atoms with van der Waals surface area (Å²) in [7, 11) is -3.85. The molecule has 0 spiro atoms. The monoisotopic (exact) mass is 345 g/mol. The number of carbonyl (C=O) groups is 1. The number of likely N-dealkylation sites (N-methyl/N-ethyl adjacent to an activating group) is 1. The van der Waals surface area contributed by atoms with Gasteiger partial charge in [0.25, 0.3) is 0 Å². The quantitative estimate of drug-likeness (QED) is 0.743. The van der Waals surface area contributed by atoms with Gasteiger partial charge in [-0.15, -0.1) is 11.3 Å². The number of sulfonamides is 1. The summed E-state index contributed by atoms with van der Waals surface area (Å²) in [6, 6.07) is 1.28. The van der Waals surface area contributed by atoms with Crippen molar-refractivity contribution in [2.24, 2.45) is 0 Å². The van der Waals surface area contributed by atoms with Crippen LogP contribution in [0.25, 0.3) is 0 Å². The van der Waals surface area contributed by atoms with Crippen molar-refractivity contribution in [3.8, 4) is 0 Å². The van der Waals surface area contributed by atoms with Crippen molar-refractivity contribution in [1.82, 2.24) is 4.31 Å². The molecule has 0 bridgehead atoms. The molecule has 1 rings (SSSR count). The number of esters is 1. The molecule has 0 fully saturated rings. The highest BCUT2D eigenvalue weighted by Crippen LogP contribution is 2.35. The maximum Gasteiger partial charge on any atom is 0.321 e. The van der Waals surface area contributed by atoms with Crippen LogP contribution < -0.4 is 0 Å². The number of thiophene rings is 1. The molecule has 0 amide bonds. The Bertz CT molecular complexity index is 556. The first-order valence-corrected chi connectivity index (χ1v) is 8.44. The Morgan fingerprint density at radius 3 is 2.47 bits per heavy atom. The predicted molar refractivity (Wildman–Crippen MR) is 75.4 cm³/mol. The number of carbonyl (C=O) groups excluding carboxylic acids is 1. The fraction of sp³-hybridized carbons (Fsp3) is 0.500. The summed E-state index contributed by atoms with van der Waals surface area (Å²) < 4.78 is 30.7. The first kappa shape index (κ1) is 16.7. The third-order valence-electron chi connectivity index (χ3n) is 2.21. The average molecular weight is 346 g/mol. The fourth-order valence-electron chi connectivity index (χ4n) is 1.36. The molecule has 0 aliphatic carbocycles. The van der Waals surface area contributed by atoms with E-state index in [0.29, 0.717) is 0 Å². The molecule has 5 nitrogen and oxygen atoms in total. The van der Waals surface area contributed by atoms with Gasteiger partial charge in [-0.25, -0.2) is 8.42 Å². The van der Waals surface area contributed by atoms with Gasteiger partial charge in [0.15, 0.2) is 0 Å². The summed E-state index contributed by atoms with van der Waals surface area (Å²) in [5.41, 5.74) is 0. The van der Waals surface area contributed by atoms with Gasteiger partial charge in [-0.05, 0) is 13.0 Å². The number of nitrogens with zero attached hydrogens (tertiary/aromatic N) is 1. The predicted octanol–water partition coefficient (Wildman–Crippen LogP) is 2.63. The molecular weight excluding hydrogens is 333 g/mol. The SMILES string of the molecule is CCOC(=O)CN(CC)S(=O)(=O)c1cc(Cl)sc1Cl. The average Bonchev–Trinajstić information content (AvgIpc) is 2.66. The topological polar surface area (TPSA) is 63.7 Å². The van der Waals surface area contributed by atoms with Crippen LogP contribution in [0, 0.1) is 0 Å². The third kappa shape index (κ3) is 4.06. The maximum atomic E-state index is 12.3. The van der Waals surface area contributed by atoms with Crippen molar-refractivity contribution in [3.63, 3.8) is 0 Å². The number of hydrogen-bond acceptors (Lipinski definition) is 5. The van der Waals surface area contributed by atoms with Crippen LogP contribution in [0.5, 0.6) is 0 Å². The minimum Gasteiger partial charge on any atom is -0.465 e. The van der Waals surface area contributed by atoms with Crippen molar-refractivity contribution in [3.05, 3.63) is 14.7 Å². The molecule has 1 aromatic rings. The van der Waals surface area contributed by atoms with E-state index in [1.54, 1.807) is 13.8 Å². The van der Waals surface area contributed by atoms with E-state index < -0.39 is 16.0 Å².